The highest BCUT2D eigenvalue weighted by Crippen LogP contribution is 2.20. The lowest BCUT2D eigenvalue weighted by molar-refractivity contribution is 0.311. The number of ether oxygens (including phenoxy) is 1. The van der Waals surface area contributed by atoms with Crippen molar-refractivity contribution in [1.29, 1.82) is 0 Å². The molecule has 0 atom stereocenters. The van der Waals surface area contributed by atoms with Crippen LogP contribution in [-0.4, -0.2) is 20.3 Å². The number of hydrogen-bond donors (Lipinski definition) is 0. The zero-order valence-corrected chi connectivity index (χ0v) is 9.33. The minimum absolute atomic E-state index is 0.320. The van der Waals surface area contributed by atoms with E-state index in [1.165, 1.54) is 0 Å². The predicted molar refractivity (Wildman–Crippen MR) is 58.4 cm³/mol. The zero-order valence-electron chi connectivity index (χ0n) is 7.76. The molecule has 0 bridgehead atoms. The minimum atomic E-state index is 0.320. The number of nitrogens with zero attached hydrogens (tertiary/aromatic N) is 3. The van der Waals surface area contributed by atoms with Crippen molar-refractivity contribution < 1.29 is 4.74 Å². The molecule has 2 heterocycles. The van der Waals surface area contributed by atoms with Crippen molar-refractivity contribution in [3.05, 3.63) is 35.2 Å². The predicted octanol–water partition coefficient (Wildman–Crippen LogP) is 2.21. The molecule has 2 aromatic heterocycles. The van der Waals surface area contributed by atoms with Crippen molar-refractivity contribution in [2.24, 2.45) is 0 Å². The smallest absolute Gasteiger partial charge is 0.265 e. The van der Waals surface area contributed by atoms with Crippen LogP contribution in [0.3, 0.4) is 0 Å². The number of rotatable bonds is 4. The van der Waals surface area contributed by atoms with Crippen LogP contribution in [-0.2, 0) is 6.42 Å². The largest absolute Gasteiger partial charge is 0.474 e. The van der Waals surface area contributed by atoms with E-state index >= 15 is 0 Å². The summed E-state index contributed by atoms with van der Waals surface area (Å²) < 4.78 is 13.0. The second-order valence-electron chi connectivity index (χ2n) is 2.78. The Morgan fingerprint density at radius 3 is 2.93 bits per heavy atom. The Bertz CT molecular complexity index is 420. The van der Waals surface area contributed by atoms with Gasteiger partial charge in [-0.25, -0.2) is 0 Å². The molecule has 0 aromatic carbocycles. The van der Waals surface area contributed by atoms with Crippen molar-refractivity contribution in [3.63, 3.8) is 0 Å². The molecule has 0 aliphatic heterocycles. The van der Waals surface area contributed by atoms with Gasteiger partial charge in [0.2, 0.25) is 5.15 Å². The van der Waals surface area contributed by atoms with Crippen LogP contribution in [0.2, 0.25) is 5.15 Å². The summed E-state index contributed by atoms with van der Waals surface area (Å²) in [4.78, 5) is 4.17. The summed E-state index contributed by atoms with van der Waals surface area (Å²) in [6, 6.07) is 5.77. The number of pyridine rings is 1. The molecule has 0 aliphatic carbocycles. The quantitative estimate of drug-likeness (QED) is 0.824. The molecule has 0 N–H and O–H groups in total. The summed E-state index contributed by atoms with van der Waals surface area (Å²) in [5.74, 6) is 0.401. The van der Waals surface area contributed by atoms with Crippen LogP contribution < -0.4 is 4.74 Å². The lowest BCUT2D eigenvalue weighted by Gasteiger charge is -2.01. The molecular weight excluding hydrogens is 234 g/mol. The molecule has 4 nitrogen and oxygen atoms in total. The summed E-state index contributed by atoms with van der Waals surface area (Å²) in [7, 11) is 0. The van der Waals surface area contributed by atoms with Crippen LogP contribution >= 0.6 is 23.3 Å². The van der Waals surface area contributed by atoms with Crippen molar-refractivity contribution in [1.82, 2.24) is 13.7 Å². The van der Waals surface area contributed by atoms with Gasteiger partial charge < -0.3 is 4.74 Å². The Balaban J connectivity index is 1.83. The third-order valence-corrected chi connectivity index (χ3v) is 2.60. The minimum Gasteiger partial charge on any atom is -0.474 e. The first-order valence-corrected chi connectivity index (χ1v) is 5.48. The van der Waals surface area contributed by atoms with Gasteiger partial charge in [0, 0.05) is 18.3 Å². The van der Waals surface area contributed by atoms with Gasteiger partial charge in [0.1, 0.15) is 0 Å². The lowest BCUT2D eigenvalue weighted by atomic mass is 10.3. The molecule has 2 rings (SSSR count). The number of aromatic nitrogens is 3. The molecule has 0 saturated heterocycles. The van der Waals surface area contributed by atoms with E-state index in [0.29, 0.717) is 17.6 Å². The molecule has 0 amide bonds. The average Bonchev–Trinajstić information content (AvgIpc) is 2.66. The molecule has 6 heteroatoms. The van der Waals surface area contributed by atoms with E-state index in [0.717, 1.165) is 23.8 Å². The van der Waals surface area contributed by atoms with E-state index in [-0.39, 0.29) is 0 Å². The van der Waals surface area contributed by atoms with E-state index in [1.807, 2.05) is 18.2 Å². The van der Waals surface area contributed by atoms with E-state index in [9.17, 15) is 0 Å². The maximum Gasteiger partial charge on any atom is 0.265 e. The summed E-state index contributed by atoms with van der Waals surface area (Å²) in [5, 5.41) is 0.320. The van der Waals surface area contributed by atoms with Crippen LogP contribution in [0.4, 0.5) is 0 Å². The Labute approximate surface area is 96.2 Å². The molecule has 2 aromatic rings. The first kappa shape index (κ1) is 10.3. The highest BCUT2D eigenvalue weighted by molar-refractivity contribution is 6.99. The second kappa shape index (κ2) is 5.04. The maximum atomic E-state index is 5.72. The molecule has 0 fully saturated rings. The van der Waals surface area contributed by atoms with Crippen LogP contribution in [0.5, 0.6) is 5.88 Å². The standard InChI is InChI=1S/C9H8ClN3OS/c10-8-9(13-15-12-8)14-6-4-7-3-1-2-5-11-7/h1-3,5H,4,6H2. The van der Waals surface area contributed by atoms with Crippen molar-refractivity contribution in [3.8, 4) is 5.88 Å². The number of hydrogen-bond acceptors (Lipinski definition) is 5. The van der Waals surface area contributed by atoms with Gasteiger partial charge >= 0.3 is 0 Å². The number of halogens is 1. The van der Waals surface area contributed by atoms with Gasteiger partial charge in [0.05, 0.1) is 18.3 Å². The summed E-state index contributed by atoms with van der Waals surface area (Å²) in [6.45, 7) is 0.502. The van der Waals surface area contributed by atoms with E-state index in [2.05, 4.69) is 13.7 Å². The molecule has 0 radical (unpaired) electrons. The summed E-state index contributed by atoms with van der Waals surface area (Å²) in [5.41, 5.74) is 0.983. The van der Waals surface area contributed by atoms with Gasteiger partial charge in [-0.05, 0) is 12.1 Å². The van der Waals surface area contributed by atoms with Gasteiger partial charge in [-0.15, -0.1) is 4.37 Å². The fourth-order valence-electron chi connectivity index (χ4n) is 1.05. The third kappa shape index (κ3) is 2.87. The average molecular weight is 242 g/mol. The fourth-order valence-corrected chi connectivity index (χ4v) is 1.70. The van der Waals surface area contributed by atoms with Gasteiger partial charge in [-0.1, -0.05) is 17.7 Å². The van der Waals surface area contributed by atoms with Gasteiger partial charge in [-0.2, -0.15) is 4.37 Å². The van der Waals surface area contributed by atoms with Gasteiger partial charge in [-0.3, -0.25) is 4.98 Å². The molecule has 0 spiro atoms. The van der Waals surface area contributed by atoms with E-state index in [4.69, 9.17) is 16.3 Å². The topological polar surface area (TPSA) is 47.9 Å². The second-order valence-corrected chi connectivity index (χ2v) is 3.67. The van der Waals surface area contributed by atoms with Crippen molar-refractivity contribution >= 4 is 23.3 Å². The Morgan fingerprint density at radius 2 is 2.27 bits per heavy atom. The van der Waals surface area contributed by atoms with Crippen molar-refractivity contribution in [2.45, 2.75) is 6.42 Å². The van der Waals surface area contributed by atoms with E-state index < -0.39 is 0 Å². The fraction of sp³-hybridized carbons (Fsp3) is 0.222. The first-order valence-electron chi connectivity index (χ1n) is 4.37. The summed E-state index contributed by atoms with van der Waals surface area (Å²) >= 11 is 6.76. The first-order chi connectivity index (χ1) is 7.36. The lowest BCUT2D eigenvalue weighted by Crippen LogP contribution is -2.02. The van der Waals surface area contributed by atoms with Gasteiger partial charge in [0.25, 0.3) is 5.88 Å². The van der Waals surface area contributed by atoms with Gasteiger partial charge in [0.15, 0.2) is 0 Å². The highest BCUT2D eigenvalue weighted by atomic mass is 35.5. The third-order valence-electron chi connectivity index (χ3n) is 1.74. The molecule has 15 heavy (non-hydrogen) atoms. The normalized spacial score (nSPS) is 10.2. The monoisotopic (exact) mass is 241 g/mol. The summed E-state index contributed by atoms with van der Waals surface area (Å²) in [6.07, 6.45) is 2.49. The molecule has 0 unspecified atom stereocenters. The Kier molecular flexibility index (Phi) is 3.47. The Morgan fingerprint density at radius 1 is 1.33 bits per heavy atom. The zero-order chi connectivity index (χ0) is 10.5. The van der Waals surface area contributed by atoms with Crippen LogP contribution in [0.1, 0.15) is 5.69 Å². The molecule has 0 aliphatic rings. The Hall–Kier alpha value is -1.20. The maximum absolute atomic E-state index is 5.72. The van der Waals surface area contributed by atoms with Crippen LogP contribution in [0.15, 0.2) is 24.4 Å². The highest BCUT2D eigenvalue weighted by Gasteiger charge is 2.05. The molecular formula is C9H8ClN3OS. The molecule has 78 valence electrons. The van der Waals surface area contributed by atoms with Crippen LogP contribution in [0.25, 0.3) is 0 Å². The SMILES string of the molecule is Clc1nsnc1OCCc1ccccn1. The van der Waals surface area contributed by atoms with E-state index in [1.54, 1.807) is 6.20 Å². The molecule has 0 saturated carbocycles. The van der Waals surface area contributed by atoms with Crippen molar-refractivity contribution in [2.75, 3.05) is 6.61 Å². The van der Waals surface area contributed by atoms with Crippen LogP contribution in [0, 0.1) is 0 Å².